The molecule has 31 heavy (non-hydrogen) atoms. The molecule has 0 saturated carbocycles. The molecule has 8 heteroatoms. The van der Waals surface area contributed by atoms with E-state index in [2.05, 4.69) is 4.90 Å². The van der Waals surface area contributed by atoms with E-state index in [4.69, 9.17) is 4.74 Å². The van der Waals surface area contributed by atoms with Crippen LogP contribution < -0.4 is 4.90 Å². The Hall–Kier alpha value is -2.58. The number of carbonyl (C=O) groups excluding carboxylic acids is 1. The van der Waals surface area contributed by atoms with Gasteiger partial charge in [0.15, 0.2) is 0 Å². The number of morpholine rings is 1. The molecule has 0 bridgehead atoms. The van der Waals surface area contributed by atoms with Crippen LogP contribution in [0.3, 0.4) is 0 Å². The van der Waals surface area contributed by atoms with Gasteiger partial charge < -0.3 is 14.5 Å². The molecule has 5 nitrogen and oxygen atoms in total. The van der Waals surface area contributed by atoms with E-state index in [1.165, 1.54) is 12.1 Å². The van der Waals surface area contributed by atoms with Crippen LogP contribution in [0.1, 0.15) is 21.5 Å². The van der Waals surface area contributed by atoms with Crippen LogP contribution in [-0.2, 0) is 17.5 Å². The van der Waals surface area contributed by atoms with E-state index in [1.54, 1.807) is 11.0 Å². The van der Waals surface area contributed by atoms with Crippen LogP contribution in [0.15, 0.2) is 48.5 Å². The maximum atomic E-state index is 13.0. The van der Waals surface area contributed by atoms with Crippen LogP contribution in [0.2, 0.25) is 0 Å². The Morgan fingerprint density at radius 3 is 2.23 bits per heavy atom. The summed E-state index contributed by atoms with van der Waals surface area (Å²) >= 11 is 0. The third kappa shape index (κ3) is 5.37. The molecule has 166 valence electrons. The first-order valence-corrected chi connectivity index (χ1v) is 10.5. The van der Waals surface area contributed by atoms with Crippen molar-refractivity contribution in [3.05, 3.63) is 65.2 Å². The maximum absolute atomic E-state index is 13.0. The van der Waals surface area contributed by atoms with Gasteiger partial charge in [-0.2, -0.15) is 13.2 Å². The Morgan fingerprint density at radius 1 is 0.903 bits per heavy atom. The number of amides is 1. The number of hydrogen-bond acceptors (Lipinski definition) is 4. The molecule has 0 unspecified atom stereocenters. The molecular weight excluding hydrogens is 407 g/mol. The number of nitrogens with zero attached hydrogens (tertiary/aromatic N) is 3. The van der Waals surface area contributed by atoms with Gasteiger partial charge in [-0.3, -0.25) is 9.69 Å². The van der Waals surface area contributed by atoms with Gasteiger partial charge in [-0.15, -0.1) is 0 Å². The Labute approximate surface area is 180 Å². The molecule has 0 radical (unpaired) electrons. The second-order valence-electron chi connectivity index (χ2n) is 7.91. The monoisotopic (exact) mass is 433 g/mol. The summed E-state index contributed by atoms with van der Waals surface area (Å²) in [5.74, 6) is -0.0402. The van der Waals surface area contributed by atoms with Crippen molar-refractivity contribution in [2.45, 2.75) is 12.7 Å². The van der Waals surface area contributed by atoms with Crippen molar-refractivity contribution in [3.63, 3.8) is 0 Å². The molecule has 0 atom stereocenters. The van der Waals surface area contributed by atoms with Crippen LogP contribution in [0, 0.1) is 0 Å². The Bertz CT molecular complexity index is 888. The highest BCUT2D eigenvalue weighted by Gasteiger charge is 2.31. The number of ether oxygens (including phenoxy) is 1. The van der Waals surface area contributed by atoms with Gasteiger partial charge in [0, 0.05) is 57.1 Å². The predicted octanol–water partition coefficient (Wildman–Crippen LogP) is 3.50. The van der Waals surface area contributed by atoms with Gasteiger partial charge in [0.25, 0.3) is 5.91 Å². The van der Waals surface area contributed by atoms with E-state index in [0.717, 1.165) is 44.5 Å². The number of alkyl halides is 3. The Morgan fingerprint density at radius 2 is 1.58 bits per heavy atom. The number of benzene rings is 2. The highest BCUT2D eigenvalue weighted by Crippen LogP contribution is 2.32. The number of anilines is 1. The second kappa shape index (κ2) is 9.28. The lowest BCUT2D eigenvalue weighted by Crippen LogP contribution is -2.48. The fraction of sp³-hybridized carbons (Fsp3) is 0.435. The van der Waals surface area contributed by atoms with Gasteiger partial charge in [0.05, 0.1) is 18.8 Å². The first-order valence-electron chi connectivity index (χ1n) is 10.5. The molecule has 2 aliphatic heterocycles. The van der Waals surface area contributed by atoms with Gasteiger partial charge in [-0.25, -0.2) is 0 Å². The van der Waals surface area contributed by atoms with Crippen molar-refractivity contribution in [1.82, 2.24) is 9.80 Å². The third-order valence-corrected chi connectivity index (χ3v) is 5.82. The van der Waals surface area contributed by atoms with Crippen molar-refractivity contribution < 1.29 is 22.7 Å². The predicted molar refractivity (Wildman–Crippen MR) is 112 cm³/mol. The minimum atomic E-state index is -4.36. The van der Waals surface area contributed by atoms with Gasteiger partial charge in [0.1, 0.15) is 0 Å². The summed E-state index contributed by atoms with van der Waals surface area (Å²) in [6.45, 7) is 6.13. The highest BCUT2D eigenvalue weighted by molar-refractivity contribution is 5.94. The molecule has 0 N–H and O–H groups in total. The van der Waals surface area contributed by atoms with E-state index in [9.17, 15) is 18.0 Å². The average Bonchev–Trinajstić information content (AvgIpc) is 2.79. The molecule has 2 aromatic rings. The standard InChI is InChI=1S/C23H26F3N3O2/c24-23(25,26)20-2-1-3-21(16-20)28-8-10-29(11-9-28)22(30)19-6-4-18(5-7-19)17-27-12-14-31-15-13-27/h1-7,16H,8-15,17H2. The molecule has 2 aliphatic rings. The lowest BCUT2D eigenvalue weighted by molar-refractivity contribution is -0.137. The molecule has 0 aromatic heterocycles. The number of rotatable bonds is 4. The number of piperazine rings is 1. The summed E-state index contributed by atoms with van der Waals surface area (Å²) in [6, 6.07) is 13.0. The summed E-state index contributed by atoms with van der Waals surface area (Å²) in [6.07, 6.45) is -4.36. The van der Waals surface area contributed by atoms with Gasteiger partial charge in [-0.1, -0.05) is 18.2 Å². The smallest absolute Gasteiger partial charge is 0.379 e. The minimum absolute atomic E-state index is 0.0402. The lowest BCUT2D eigenvalue weighted by Gasteiger charge is -2.36. The fourth-order valence-electron chi connectivity index (χ4n) is 4.00. The van der Waals surface area contributed by atoms with E-state index in [0.29, 0.717) is 37.4 Å². The second-order valence-corrected chi connectivity index (χ2v) is 7.91. The van der Waals surface area contributed by atoms with Gasteiger partial charge >= 0.3 is 6.18 Å². The number of hydrogen-bond donors (Lipinski definition) is 0. The topological polar surface area (TPSA) is 36.0 Å². The molecule has 2 heterocycles. The van der Waals surface area contributed by atoms with Gasteiger partial charge in [0.2, 0.25) is 0 Å². The summed E-state index contributed by atoms with van der Waals surface area (Å²) in [4.78, 5) is 18.8. The minimum Gasteiger partial charge on any atom is -0.379 e. The molecule has 2 fully saturated rings. The van der Waals surface area contributed by atoms with E-state index in [1.807, 2.05) is 29.2 Å². The van der Waals surface area contributed by atoms with Crippen molar-refractivity contribution in [2.75, 3.05) is 57.4 Å². The van der Waals surface area contributed by atoms with Crippen LogP contribution >= 0.6 is 0 Å². The van der Waals surface area contributed by atoms with Crippen molar-refractivity contribution in [2.24, 2.45) is 0 Å². The summed E-state index contributed by atoms with van der Waals surface area (Å²) in [5, 5.41) is 0. The molecule has 2 saturated heterocycles. The van der Waals surface area contributed by atoms with Crippen molar-refractivity contribution >= 4 is 11.6 Å². The van der Waals surface area contributed by atoms with Crippen LogP contribution in [0.4, 0.5) is 18.9 Å². The summed E-state index contributed by atoms with van der Waals surface area (Å²) in [5.41, 5.74) is 1.68. The van der Waals surface area contributed by atoms with Crippen LogP contribution in [0.5, 0.6) is 0 Å². The molecule has 2 aromatic carbocycles. The quantitative estimate of drug-likeness (QED) is 0.740. The maximum Gasteiger partial charge on any atom is 0.416 e. The summed E-state index contributed by atoms with van der Waals surface area (Å²) < 4.78 is 44.3. The normalized spacial score (nSPS) is 18.3. The molecular formula is C23H26F3N3O2. The van der Waals surface area contributed by atoms with Crippen LogP contribution in [-0.4, -0.2) is 68.2 Å². The van der Waals surface area contributed by atoms with Crippen molar-refractivity contribution in [1.29, 1.82) is 0 Å². The number of carbonyl (C=O) groups is 1. The molecule has 4 rings (SSSR count). The van der Waals surface area contributed by atoms with Gasteiger partial charge in [-0.05, 0) is 35.9 Å². The Balaban J connectivity index is 1.33. The Kier molecular flexibility index (Phi) is 6.48. The lowest BCUT2D eigenvalue weighted by atomic mass is 10.1. The fourth-order valence-corrected chi connectivity index (χ4v) is 4.00. The summed E-state index contributed by atoms with van der Waals surface area (Å²) in [7, 11) is 0. The largest absolute Gasteiger partial charge is 0.416 e. The molecule has 0 spiro atoms. The van der Waals surface area contributed by atoms with E-state index < -0.39 is 11.7 Å². The van der Waals surface area contributed by atoms with E-state index >= 15 is 0 Å². The third-order valence-electron chi connectivity index (χ3n) is 5.82. The highest BCUT2D eigenvalue weighted by atomic mass is 19.4. The zero-order valence-corrected chi connectivity index (χ0v) is 17.3. The number of halogens is 3. The van der Waals surface area contributed by atoms with Crippen molar-refractivity contribution in [3.8, 4) is 0 Å². The van der Waals surface area contributed by atoms with Crippen LogP contribution in [0.25, 0.3) is 0 Å². The SMILES string of the molecule is O=C(c1ccc(CN2CCOCC2)cc1)N1CCN(c2cccc(C(F)(F)F)c2)CC1. The first-order chi connectivity index (χ1) is 14.9. The average molecular weight is 433 g/mol. The van der Waals surface area contributed by atoms with E-state index in [-0.39, 0.29) is 5.91 Å². The molecule has 0 aliphatic carbocycles. The molecule has 1 amide bonds. The first kappa shape index (κ1) is 21.6. The zero-order valence-electron chi connectivity index (χ0n) is 17.3. The zero-order chi connectivity index (χ0) is 21.8.